The van der Waals surface area contributed by atoms with Gasteiger partial charge in [0, 0.05) is 10.9 Å². The number of ether oxygens (including phenoxy) is 1. The Kier molecular flexibility index (Phi) is 2.82. The zero-order valence-corrected chi connectivity index (χ0v) is 9.19. The van der Waals surface area contributed by atoms with Crippen molar-refractivity contribution in [3.63, 3.8) is 0 Å². The Morgan fingerprint density at radius 1 is 1.53 bits per heavy atom. The van der Waals surface area contributed by atoms with E-state index in [2.05, 4.69) is 4.98 Å². The molecule has 5 nitrogen and oxygen atoms in total. The van der Waals surface area contributed by atoms with Crippen molar-refractivity contribution in [3.05, 3.63) is 29.5 Å². The molecule has 2 aromatic rings. The van der Waals surface area contributed by atoms with Crippen molar-refractivity contribution >= 4 is 23.2 Å². The topological polar surface area (TPSA) is 79.4 Å². The summed E-state index contributed by atoms with van der Waals surface area (Å²) < 4.78 is 4.83. The van der Waals surface area contributed by atoms with Gasteiger partial charge in [0.1, 0.15) is 11.4 Å². The van der Waals surface area contributed by atoms with Crippen LogP contribution in [-0.2, 0) is 4.74 Å². The fourth-order valence-corrected chi connectivity index (χ4v) is 1.65. The van der Waals surface area contributed by atoms with E-state index in [0.717, 1.165) is 0 Å². The summed E-state index contributed by atoms with van der Waals surface area (Å²) in [5.74, 6) is -0.527. The minimum Gasteiger partial charge on any atom is -0.506 e. The van der Waals surface area contributed by atoms with Crippen LogP contribution in [0.25, 0.3) is 10.9 Å². The Labute approximate surface area is 97.0 Å². The maximum Gasteiger partial charge on any atom is 0.354 e. The molecule has 0 fully saturated rings. The number of H-pyrrole nitrogens is 1. The summed E-state index contributed by atoms with van der Waals surface area (Å²) in [6, 6.07) is 4.39. The molecule has 2 N–H and O–H groups in total. The molecule has 88 valence electrons. The van der Waals surface area contributed by atoms with Gasteiger partial charge in [0.05, 0.1) is 12.1 Å². The van der Waals surface area contributed by atoms with Gasteiger partial charge in [-0.2, -0.15) is 0 Å². The van der Waals surface area contributed by atoms with E-state index in [9.17, 15) is 14.7 Å². The van der Waals surface area contributed by atoms with Gasteiger partial charge in [0.25, 0.3) is 0 Å². The standard InChI is InChI=1S/C12H11NO4/c1-2-17-12(16)9-5-8-7(6-14)3-4-10(15)11(8)13-9/h3-6,13,15H,2H2,1H3. The number of hydrogen-bond donors (Lipinski definition) is 2. The van der Waals surface area contributed by atoms with Crippen molar-refractivity contribution in [2.45, 2.75) is 6.92 Å². The number of carbonyl (C=O) groups excluding carboxylic acids is 2. The zero-order chi connectivity index (χ0) is 12.4. The van der Waals surface area contributed by atoms with E-state index >= 15 is 0 Å². The number of esters is 1. The van der Waals surface area contributed by atoms with E-state index < -0.39 is 5.97 Å². The monoisotopic (exact) mass is 233 g/mol. The van der Waals surface area contributed by atoms with Crippen LogP contribution < -0.4 is 0 Å². The number of hydrogen-bond acceptors (Lipinski definition) is 4. The Morgan fingerprint density at radius 2 is 2.29 bits per heavy atom. The molecule has 1 heterocycles. The third-order valence-electron chi connectivity index (χ3n) is 2.43. The van der Waals surface area contributed by atoms with Crippen molar-refractivity contribution in [3.8, 4) is 5.75 Å². The number of carbonyl (C=O) groups is 2. The molecule has 0 bridgehead atoms. The van der Waals surface area contributed by atoms with E-state index in [-0.39, 0.29) is 18.1 Å². The van der Waals surface area contributed by atoms with Crippen LogP contribution in [0.15, 0.2) is 18.2 Å². The predicted molar refractivity (Wildman–Crippen MR) is 61.3 cm³/mol. The second-order valence-electron chi connectivity index (χ2n) is 3.48. The fourth-order valence-electron chi connectivity index (χ4n) is 1.65. The van der Waals surface area contributed by atoms with Crippen LogP contribution in [0.4, 0.5) is 0 Å². The first kappa shape index (κ1) is 11.2. The lowest BCUT2D eigenvalue weighted by molar-refractivity contribution is 0.0520. The minimum absolute atomic E-state index is 0.0128. The van der Waals surface area contributed by atoms with Gasteiger partial charge < -0.3 is 14.8 Å². The number of aromatic amines is 1. The summed E-state index contributed by atoms with van der Waals surface area (Å²) >= 11 is 0. The summed E-state index contributed by atoms with van der Waals surface area (Å²) in [4.78, 5) is 25.1. The summed E-state index contributed by atoms with van der Waals surface area (Å²) in [5, 5.41) is 10.1. The van der Waals surface area contributed by atoms with Gasteiger partial charge in [0.2, 0.25) is 0 Å². The second-order valence-corrected chi connectivity index (χ2v) is 3.48. The van der Waals surface area contributed by atoms with E-state index in [1.54, 1.807) is 6.92 Å². The van der Waals surface area contributed by atoms with Gasteiger partial charge >= 0.3 is 5.97 Å². The molecule has 0 amide bonds. The first-order chi connectivity index (χ1) is 8.17. The number of fused-ring (bicyclic) bond motifs is 1. The van der Waals surface area contributed by atoms with Crippen molar-refractivity contribution < 1.29 is 19.4 Å². The average Bonchev–Trinajstić information content (AvgIpc) is 2.76. The maximum atomic E-state index is 11.5. The number of phenolic OH excluding ortho intramolecular Hbond substituents is 1. The molecule has 0 aliphatic heterocycles. The normalized spacial score (nSPS) is 10.4. The molecule has 0 aliphatic rings. The first-order valence-corrected chi connectivity index (χ1v) is 5.14. The fraction of sp³-hybridized carbons (Fsp3) is 0.167. The molecular formula is C12H11NO4. The lowest BCUT2D eigenvalue weighted by Gasteiger charge is -1.97. The minimum atomic E-state index is -0.514. The molecule has 0 atom stereocenters. The van der Waals surface area contributed by atoms with Crippen LogP contribution >= 0.6 is 0 Å². The molecular weight excluding hydrogens is 222 g/mol. The summed E-state index contributed by atoms with van der Waals surface area (Å²) in [7, 11) is 0. The molecule has 0 saturated carbocycles. The highest BCUT2D eigenvalue weighted by Crippen LogP contribution is 2.27. The Balaban J connectivity index is 2.59. The second kappa shape index (κ2) is 4.29. The van der Waals surface area contributed by atoms with Crippen LogP contribution in [-0.4, -0.2) is 29.0 Å². The first-order valence-electron chi connectivity index (χ1n) is 5.14. The number of benzene rings is 1. The van der Waals surface area contributed by atoms with E-state index in [4.69, 9.17) is 4.74 Å². The molecule has 0 saturated heterocycles. The quantitative estimate of drug-likeness (QED) is 0.626. The van der Waals surface area contributed by atoms with Gasteiger partial charge in [-0.25, -0.2) is 4.79 Å². The summed E-state index contributed by atoms with van der Waals surface area (Å²) in [6.45, 7) is 1.97. The number of aromatic nitrogens is 1. The highest BCUT2D eigenvalue weighted by atomic mass is 16.5. The third-order valence-corrected chi connectivity index (χ3v) is 2.43. The van der Waals surface area contributed by atoms with Crippen molar-refractivity contribution in [2.75, 3.05) is 6.61 Å². The largest absolute Gasteiger partial charge is 0.506 e. The Bertz CT molecular complexity index is 585. The predicted octanol–water partition coefficient (Wildman–Crippen LogP) is 1.86. The highest BCUT2D eigenvalue weighted by molar-refractivity contribution is 6.03. The van der Waals surface area contributed by atoms with E-state index in [1.165, 1.54) is 18.2 Å². The summed E-state index contributed by atoms with van der Waals surface area (Å²) in [6.07, 6.45) is 0.671. The number of phenols is 1. The summed E-state index contributed by atoms with van der Waals surface area (Å²) in [5.41, 5.74) is 0.980. The molecule has 17 heavy (non-hydrogen) atoms. The van der Waals surface area contributed by atoms with Crippen molar-refractivity contribution in [2.24, 2.45) is 0 Å². The average molecular weight is 233 g/mol. The van der Waals surface area contributed by atoms with E-state index in [0.29, 0.717) is 22.8 Å². The SMILES string of the molecule is CCOC(=O)c1cc2c(C=O)ccc(O)c2[nH]1. The number of aromatic hydroxyl groups is 1. The molecule has 0 spiro atoms. The van der Waals surface area contributed by atoms with Gasteiger partial charge in [-0.1, -0.05) is 0 Å². The van der Waals surface area contributed by atoms with E-state index in [1.807, 2.05) is 0 Å². The Hall–Kier alpha value is -2.30. The number of aldehydes is 1. The van der Waals surface area contributed by atoms with Crippen LogP contribution in [0.5, 0.6) is 5.75 Å². The lowest BCUT2D eigenvalue weighted by atomic mass is 10.1. The van der Waals surface area contributed by atoms with Crippen LogP contribution in [0.2, 0.25) is 0 Å². The molecule has 0 radical (unpaired) electrons. The molecule has 2 rings (SSSR count). The van der Waals surface area contributed by atoms with Gasteiger partial charge in [-0.05, 0) is 25.1 Å². The molecule has 5 heteroatoms. The van der Waals surface area contributed by atoms with Crippen molar-refractivity contribution in [1.29, 1.82) is 0 Å². The van der Waals surface area contributed by atoms with Gasteiger partial charge in [-0.3, -0.25) is 4.79 Å². The van der Waals surface area contributed by atoms with Crippen LogP contribution in [0, 0.1) is 0 Å². The zero-order valence-electron chi connectivity index (χ0n) is 9.19. The van der Waals surface area contributed by atoms with Gasteiger partial charge in [0.15, 0.2) is 6.29 Å². The smallest absolute Gasteiger partial charge is 0.354 e. The molecule has 0 aliphatic carbocycles. The van der Waals surface area contributed by atoms with Gasteiger partial charge in [-0.15, -0.1) is 0 Å². The lowest BCUT2D eigenvalue weighted by Crippen LogP contribution is -2.04. The molecule has 1 aromatic heterocycles. The third kappa shape index (κ3) is 1.87. The van der Waals surface area contributed by atoms with Crippen molar-refractivity contribution in [1.82, 2.24) is 4.98 Å². The van der Waals surface area contributed by atoms with Crippen LogP contribution in [0.3, 0.4) is 0 Å². The number of nitrogens with one attached hydrogen (secondary N) is 1. The molecule has 0 unspecified atom stereocenters. The highest BCUT2D eigenvalue weighted by Gasteiger charge is 2.14. The van der Waals surface area contributed by atoms with Crippen LogP contribution in [0.1, 0.15) is 27.8 Å². The molecule has 1 aromatic carbocycles. The maximum absolute atomic E-state index is 11.5. The number of rotatable bonds is 3. The Morgan fingerprint density at radius 3 is 2.94 bits per heavy atom.